The molecule has 0 N–H and O–H groups in total. The SMILES string of the molecule is Cc1ccc(C(=O)CN2CCN(C)CC2)c(F)c1F. The lowest BCUT2D eigenvalue weighted by atomic mass is 10.1. The summed E-state index contributed by atoms with van der Waals surface area (Å²) in [6.45, 7) is 4.95. The van der Waals surface area contributed by atoms with E-state index in [1.807, 2.05) is 11.9 Å². The second-order valence-electron chi connectivity index (χ2n) is 5.06. The molecule has 1 aromatic carbocycles. The maximum atomic E-state index is 13.7. The Labute approximate surface area is 111 Å². The van der Waals surface area contributed by atoms with E-state index in [2.05, 4.69) is 4.90 Å². The van der Waals surface area contributed by atoms with Gasteiger partial charge in [0.15, 0.2) is 17.4 Å². The van der Waals surface area contributed by atoms with E-state index in [0.717, 1.165) is 26.2 Å². The maximum absolute atomic E-state index is 13.7. The van der Waals surface area contributed by atoms with Crippen LogP contribution in [-0.4, -0.2) is 55.4 Å². The van der Waals surface area contributed by atoms with Crippen molar-refractivity contribution in [2.24, 2.45) is 0 Å². The number of hydrogen-bond donors (Lipinski definition) is 0. The Morgan fingerprint density at radius 2 is 1.79 bits per heavy atom. The minimum Gasteiger partial charge on any atom is -0.304 e. The summed E-state index contributed by atoms with van der Waals surface area (Å²) in [5.74, 6) is -2.32. The normalized spacial score (nSPS) is 17.7. The number of rotatable bonds is 3. The predicted octanol–water partition coefficient (Wildman–Crippen LogP) is 1.70. The molecule has 0 bridgehead atoms. The fourth-order valence-corrected chi connectivity index (χ4v) is 2.16. The molecular weight excluding hydrogens is 250 g/mol. The van der Waals surface area contributed by atoms with Gasteiger partial charge in [-0.05, 0) is 25.6 Å². The van der Waals surface area contributed by atoms with Crippen LogP contribution in [0.4, 0.5) is 8.78 Å². The van der Waals surface area contributed by atoms with E-state index in [0.29, 0.717) is 0 Å². The number of ketones is 1. The lowest BCUT2D eigenvalue weighted by Gasteiger charge is -2.31. The lowest BCUT2D eigenvalue weighted by Crippen LogP contribution is -2.46. The van der Waals surface area contributed by atoms with Gasteiger partial charge in [-0.25, -0.2) is 8.78 Å². The number of likely N-dealkylation sites (N-methyl/N-ethyl adjacent to an activating group) is 1. The second-order valence-corrected chi connectivity index (χ2v) is 5.06. The van der Waals surface area contributed by atoms with E-state index >= 15 is 0 Å². The number of Topliss-reactive ketones (excluding diaryl/α,β-unsaturated/α-hetero) is 1. The molecule has 0 atom stereocenters. The molecule has 19 heavy (non-hydrogen) atoms. The first kappa shape index (κ1) is 14.1. The first-order valence-corrected chi connectivity index (χ1v) is 6.37. The molecule has 1 heterocycles. The molecule has 0 unspecified atom stereocenters. The van der Waals surface area contributed by atoms with Gasteiger partial charge in [0, 0.05) is 26.2 Å². The van der Waals surface area contributed by atoms with Crippen LogP contribution in [-0.2, 0) is 0 Å². The average molecular weight is 268 g/mol. The van der Waals surface area contributed by atoms with Crippen molar-refractivity contribution in [1.82, 2.24) is 9.80 Å². The van der Waals surface area contributed by atoms with Gasteiger partial charge in [-0.15, -0.1) is 0 Å². The number of nitrogens with zero attached hydrogens (tertiary/aromatic N) is 2. The van der Waals surface area contributed by atoms with Crippen molar-refractivity contribution < 1.29 is 13.6 Å². The van der Waals surface area contributed by atoms with Gasteiger partial charge in [0.1, 0.15) is 0 Å². The van der Waals surface area contributed by atoms with Crippen LogP contribution in [0.5, 0.6) is 0 Å². The van der Waals surface area contributed by atoms with Crippen molar-refractivity contribution in [1.29, 1.82) is 0 Å². The van der Waals surface area contributed by atoms with E-state index in [-0.39, 0.29) is 23.5 Å². The molecule has 1 aliphatic heterocycles. The standard InChI is InChI=1S/C14H18F2N2O/c1-10-3-4-11(14(16)13(10)15)12(19)9-18-7-5-17(2)6-8-18/h3-4H,5-9H2,1-2H3. The van der Waals surface area contributed by atoms with Gasteiger partial charge in [0.05, 0.1) is 12.1 Å². The third kappa shape index (κ3) is 3.16. The van der Waals surface area contributed by atoms with Crippen LogP contribution in [0.25, 0.3) is 0 Å². The van der Waals surface area contributed by atoms with Crippen LogP contribution in [0, 0.1) is 18.6 Å². The fourth-order valence-electron chi connectivity index (χ4n) is 2.16. The van der Waals surface area contributed by atoms with Crippen molar-refractivity contribution >= 4 is 5.78 Å². The summed E-state index contributed by atoms with van der Waals surface area (Å²) in [4.78, 5) is 16.2. The van der Waals surface area contributed by atoms with Gasteiger partial charge in [0.25, 0.3) is 0 Å². The van der Waals surface area contributed by atoms with Crippen molar-refractivity contribution in [2.45, 2.75) is 6.92 Å². The van der Waals surface area contributed by atoms with Crippen molar-refractivity contribution in [3.63, 3.8) is 0 Å². The van der Waals surface area contributed by atoms with Gasteiger partial charge < -0.3 is 4.90 Å². The molecule has 1 saturated heterocycles. The third-order valence-corrected chi connectivity index (χ3v) is 3.54. The fraction of sp³-hybridized carbons (Fsp3) is 0.500. The number of aryl methyl sites for hydroxylation is 1. The van der Waals surface area contributed by atoms with Crippen LogP contribution in [0.1, 0.15) is 15.9 Å². The van der Waals surface area contributed by atoms with E-state index in [1.165, 1.54) is 19.1 Å². The van der Waals surface area contributed by atoms with Crippen LogP contribution in [0.15, 0.2) is 12.1 Å². The van der Waals surface area contributed by atoms with Crippen LogP contribution < -0.4 is 0 Å². The molecule has 0 radical (unpaired) electrons. The summed E-state index contributed by atoms with van der Waals surface area (Å²) in [5.41, 5.74) is 0.0654. The summed E-state index contributed by atoms with van der Waals surface area (Å²) >= 11 is 0. The Morgan fingerprint density at radius 3 is 2.42 bits per heavy atom. The molecule has 5 heteroatoms. The number of hydrogen-bond acceptors (Lipinski definition) is 3. The molecular formula is C14H18F2N2O. The van der Waals surface area contributed by atoms with E-state index < -0.39 is 11.6 Å². The highest BCUT2D eigenvalue weighted by molar-refractivity contribution is 5.98. The quantitative estimate of drug-likeness (QED) is 0.780. The molecule has 0 amide bonds. The zero-order valence-electron chi connectivity index (χ0n) is 11.2. The zero-order valence-corrected chi connectivity index (χ0v) is 11.2. The van der Waals surface area contributed by atoms with Gasteiger partial charge in [-0.1, -0.05) is 6.07 Å². The molecule has 1 aromatic rings. The number of benzene rings is 1. The van der Waals surface area contributed by atoms with Gasteiger partial charge in [-0.3, -0.25) is 9.69 Å². The monoisotopic (exact) mass is 268 g/mol. The molecule has 0 aromatic heterocycles. The molecule has 0 saturated carbocycles. The van der Waals surface area contributed by atoms with Crippen molar-refractivity contribution in [2.75, 3.05) is 39.8 Å². The second kappa shape index (κ2) is 5.75. The molecule has 1 fully saturated rings. The molecule has 0 aliphatic carbocycles. The van der Waals surface area contributed by atoms with E-state index in [1.54, 1.807) is 0 Å². The van der Waals surface area contributed by atoms with Crippen molar-refractivity contribution in [3.8, 4) is 0 Å². The highest BCUT2D eigenvalue weighted by Gasteiger charge is 2.21. The van der Waals surface area contributed by atoms with E-state index in [9.17, 15) is 13.6 Å². The average Bonchev–Trinajstić information content (AvgIpc) is 2.39. The first-order valence-electron chi connectivity index (χ1n) is 6.37. The Balaban J connectivity index is 2.06. The highest BCUT2D eigenvalue weighted by atomic mass is 19.2. The van der Waals surface area contributed by atoms with Crippen molar-refractivity contribution in [3.05, 3.63) is 34.9 Å². The lowest BCUT2D eigenvalue weighted by molar-refractivity contribution is 0.0871. The van der Waals surface area contributed by atoms with Gasteiger partial charge >= 0.3 is 0 Å². The molecule has 0 spiro atoms. The Morgan fingerprint density at radius 1 is 1.16 bits per heavy atom. The first-order chi connectivity index (χ1) is 8.99. The molecule has 1 aliphatic rings. The maximum Gasteiger partial charge on any atom is 0.179 e. The Kier molecular flexibility index (Phi) is 4.27. The number of halogens is 2. The van der Waals surface area contributed by atoms with Gasteiger partial charge in [0.2, 0.25) is 0 Å². The minimum atomic E-state index is -1.03. The number of piperazine rings is 1. The largest absolute Gasteiger partial charge is 0.304 e. The predicted molar refractivity (Wildman–Crippen MR) is 69.4 cm³/mol. The van der Waals surface area contributed by atoms with Gasteiger partial charge in [-0.2, -0.15) is 0 Å². The summed E-state index contributed by atoms with van der Waals surface area (Å²) in [5, 5.41) is 0. The topological polar surface area (TPSA) is 23.6 Å². The summed E-state index contributed by atoms with van der Waals surface area (Å²) < 4.78 is 27.1. The van der Waals surface area contributed by atoms with Crippen LogP contribution >= 0.6 is 0 Å². The van der Waals surface area contributed by atoms with E-state index in [4.69, 9.17) is 0 Å². The Hall–Kier alpha value is -1.33. The Bertz CT molecular complexity index is 483. The summed E-state index contributed by atoms with van der Waals surface area (Å²) in [7, 11) is 2.02. The highest BCUT2D eigenvalue weighted by Crippen LogP contribution is 2.16. The molecule has 3 nitrogen and oxygen atoms in total. The minimum absolute atomic E-state index is 0.146. The summed E-state index contributed by atoms with van der Waals surface area (Å²) in [6, 6.07) is 2.81. The molecule has 104 valence electrons. The van der Waals surface area contributed by atoms with Crippen LogP contribution in [0.2, 0.25) is 0 Å². The van der Waals surface area contributed by atoms with Crippen LogP contribution in [0.3, 0.4) is 0 Å². The number of carbonyl (C=O) groups is 1. The zero-order chi connectivity index (χ0) is 14.0. The molecule has 2 rings (SSSR count). The smallest absolute Gasteiger partial charge is 0.179 e. The third-order valence-electron chi connectivity index (χ3n) is 3.54. The summed E-state index contributed by atoms with van der Waals surface area (Å²) in [6.07, 6.45) is 0. The number of carbonyl (C=O) groups excluding carboxylic acids is 1.